The van der Waals surface area contributed by atoms with Crippen molar-refractivity contribution >= 4 is 0 Å². The van der Waals surface area contributed by atoms with Crippen molar-refractivity contribution in [3.8, 4) is 0 Å². The van der Waals surface area contributed by atoms with Gasteiger partial charge in [0.25, 0.3) is 0 Å². The second kappa shape index (κ2) is 2.89. The van der Waals surface area contributed by atoms with Crippen LogP contribution >= 0.6 is 0 Å². The lowest BCUT2D eigenvalue weighted by Gasteiger charge is -2.21. The maximum absolute atomic E-state index is 10.8. The highest BCUT2D eigenvalue weighted by molar-refractivity contribution is 5.35. The van der Waals surface area contributed by atoms with Crippen molar-refractivity contribution in [1.29, 1.82) is 0 Å². The van der Waals surface area contributed by atoms with Crippen LogP contribution in [0, 0.1) is 17.8 Å². The molecule has 2 fully saturated rings. The van der Waals surface area contributed by atoms with E-state index in [1.807, 2.05) is 0 Å². The largest absolute Gasteiger partial charge is 0.389 e. The van der Waals surface area contributed by atoms with E-state index < -0.39 is 0 Å². The Morgan fingerprint density at radius 2 is 1.56 bits per heavy atom. The van der Waals surface area contributed by atoms with Crippen LogP contribution in [0.15, 0.2) is 24.3 Å². The molecular formula is C15H18O. The monoisotopic (exact) mass is 214 g/mol. The zero-order chi connectivity index (χ0) is 10.8. The molecule has 4 rings (SSSR count). The molecule has 2 saturated carbocycles. The standard InChI is InChI=1S/C15H18O/c16-15(13-6-3-7-14(13)15)12-8-10-4-1-2-5-11(10)9-12/h1-2,4-5,12-14,16H,3,6-9H2. The summed E-state index contributed by atoms with van der Waals surface area (Å²) in [6.45, 7) is 0. The first-order valence-electron chi connectivity index (χ1n) is 6.59. The summed E-state index contributed by atoms with van der Waals surface area (Å²) in [5, 5.41) is 10.8. The van der Waals surface area contributed by atoms with Gasteiger partial charge >= 0.3 is 0 Å². The number of fused-ring (bicyclic) bond motifs is 2. The van der Waals surface area contributed by atoms with E-state index in [1.165, 1.54) is 30.4 Å². The molecule has 3 aliphatic rings. The molecule has 0 heterocycles. The normalized spacial score (nSPS) is 40.8. The molecule has 0 saturated heterocycles. The second-order valence-corrected chi connectivity index (χ2v) is 5.91. The Labute approximate surface area is 96.5 Å². The van der Waals surface area contributed by atoms with Crippen molar-refractivity contribution < 1.29 is 5.11 Å². The van der Waals surface area contributed by atoms with E-state index in [0.717, 1.165) is 12.8 Å². The van der Waals surface area contributed by atoms with Crippen LogP contribution in [-0.2, 0) is 12.8 Å². The van der Waals surface area contributed by atoms with E-state index in [2.05, 4.69) is 24.3 Å². The molecule has 0 radical (unpaired) electrons. The molecular weight excluding hydrogens is 196 g/mol. The van der Waals surface area contributed by atoms with Gasteiger partial charge in [0, 0.05) is 0 Å². The molecule has 1 nitrogen and oxygen atoms in total. The zero-order valence-corrected chi connectivity index (χ0v) is 9.52. The molecule has 1 heteroatoms. The minimum atomic E-state index is -0.280. The number of hydrogen-bond acceptors (Lipinski definition) is 1. The highest BCUT2D eigenvalue weighted by atomic mass is 16.3. The lowest BCUT2D eigenvalue weighted by Crippen LogP contribution is -2.28. The molecule has 0 spiro atoms. The maximum atomic E-state index is 10.8. The molecule has 1 aromatic rings. The van der Waals surface area contributed by atoms with Crippen LogP contribution in [0.5, 0.6) is 0 Å². The van der Waals surface area contributed by atoms with Gasteiger partial charge in [-0.15, -0.1) is 0 Å². The van der Waals surface area contributed by atoms with Crippen LogP contribution < -0.4 is 0 Å². The molecule has 0 aromatic heterocycles. The topological polar surface area (TPSA) is 20.2 Å². The Hall–Kier alpha value is -0.820. The Morgan fingerprint density at radius 1 is 1.00 bits per heavy atom. The SMILES string of the molecule is OC1(C2Cc3ccccc3C2)C2CCCC21. The summed E-state index contributed by atoms with van der Waals surface area (Å²) < 4.78 is 0. The quantitative estimate of drug-likeness (QED) is 0.761. The first-order chi connectivity index (χ1) is 7.80. The van der Waals surface area contributed by atoms with E-state index >= 15 is 0 Å². The number of aliphatic hydroxyl groups is 1. The Kier molecular flexibility index (Phi) is 1.67. The molecule has 1 N–H and O–H groups in total. The van der Waals surface area contributed by atoms with Crippen LogP contribution in [0.25, 0.3) is 0 Å². The van der Waals surface area contributed by atoms with Gasteiger partial charge in [0.15, 0.2) is 0 Å². The molecule has 0 aliphatic heterocycles. The second-order valence-electron chi connectivity index (χ2n) is 5.91. The molecule has 2 unspecified atom stereocenters. The number of benzene rings is 1. The summed E-state index contributed by atoms with van der Waals surface area (Å²) in [7, 11) is 0. The molecule has 84 valence electrons. The van der Waals surface area contributed by atoms with Crippen molar-refractivity contribution in [2.75, 3.05) is 0 Å². The molecule has 0 amide bonds. The Balaban J connectivity index is 1.61. The molecule has 0 bridgehead atoms. The molecule has 16 heavy (non-hydrogen) atoms. The van der Waals surface area contributed by atoms with Gasteiger partial charge in [-0.25, -0.2) is 0 Å². The van der Waals surface area contributed by atoms with Gasteiger partial charge in [0.2, 0.25) is 0 Å². The van der Waals surface area contributed by atoms with Crippen LogP contribution in [0.4, 0.5) is 0 Å². The van der Waals surface area contributed by atoms with Gasteiger partial charge < -0.3 is 5.11 Å². The summed E-state index contributed by atoms with van der Waals surface area (Å²) in [6, 6.07) is 8.71. The average Bonchev–Trinajstić information content (AvgIpc) is 2.80. The predicted molar refractivity (Wildman–Crippen MR) is 63.1 cm³/mol. The van der Waals surface area contributed by atoms with Crippen LogP contribution in [-0.4, -0.2) is 10.7 Å². The average molecular weight is 214 g/mol. The fourth-order valence-corrected chi connectivity index (χ4v) is 4.46. The Morgan fingerprint density at radius 3 is 2.12 bits per heavy atom. The van der Waals surface area contributed by atoms with E-state index in [4.69, 9.17) is 0 Å². The third-order valence-electron chi connectivity index (χ3n) is 5.30. The van der Waals surface area contributed by atoms with Crippen molar-refractivity contribution in [2.45, 2.75) is 37.7 Å². The highest BCUT2D eigenvalue weighted by Crippen LogP contribution is 2.65. The van der Waals surface area contributed by atoms with Crippen LogP contribution in [0.1, 0.15) is 30.4 Å². The lowest BCUT2D eigenvalue weighted by atomic mass is 9.90. The van der Waals surface area contributed by atoms with Crippen LogP contribution in [0.2, 0.25) is 0 Å². The minimum absolute atomic E-state index is 0.280. The van der Waals surface area contributed by atoms with Crippen LogP contribution in [0.3, 0.4) is 0 Å². The smallest absolute Gasteiger partial charge is 0.0745 e. The van der Waals surface area contributed by atoms with E-state index in [-0.39, 0.29) is 5.60 Å². The van der Waals surface area contributed by atoms with Crippen molar-refractivity contribution in [2.24, 2.45) is 17.8 Å². The Bertz CT molecular complexity index is 402. The van der Waals surface area contributed by atoms with Crippen molar-refractivity contribution in [1.82, 2.24) is 0 Å². The number of rotatable bonds is 1. The summed E-state index contributed by atoms with van der Waals surface area (Å²) in [4.78, 5) is 0. The van der Waals surface area contributed by atoms with E-state index in [9.17, 15) is 5.11 Å². The van der Waals surface area contributed by atoms with Gasteiger partial charge in [-0.3, -0.25) is 0 Å². The third kappa shape index (κ3) is 1.00. The fraction of sp³-hybridized carbons (Fsp3) is 0.600. The van der Waals surface area contributed by atoms with E-state index in [0.29, 0.717) is 17.8 Å². The maximum Gasteiger partial charge on any atom is 0.0745 e. The summed E-state index contributed by atoms with van der Waals surface area (Å²) >= 11 is 0. The van der Waals surface area contributed by atoms with E-state index in [1.54, 1.807) is 0 Å². The van der Waals surface area contributed by atoms with Crippen molar-refractivity contribution in [3.05, 3.63) is 35.4 Å². The van der Waals surface area contributed by atoms with Gasteiger partial charge in [0.05, 0.1) is 5.60 Å². The van der Waals surface area contributed by atoms with Gasteiger partial charge in [0.1, 0.15) is 0 Å². The predicted octanol–water partition coefficient (Wildman–Crippen LogP) is 2.56. The van der Waals surface area contributed by atoms with Crippen molar-refractivity contribution in [3.63, 3.8) is 0 Å². The highest BCUT2D eigenvalue weighted by Gasteiger charge is 2.68. The first-order valence-corrected chi connectivity index (χ1v) is 6.59. The minimum Gasteiger partial charge on any atom is -0.389 e. The van der Waals surface area contributed by atoms with Gasteiger partial charge in [-0.05, 0) is 54.6 Å². The summed E-state index contributed by atoms with van der Waals surface area (Å²) in [5.74, 6) is 1.80. The summed E-state index contributed by atoms with van der Waals surface area (Å²) in [6.07, 6.45) is 6.11. The first kappa shape index (κ1) is 9.23. The fourth-order valence-electron chi connectivity index (χ4n) is 4.46. The third-order valence-corrected chi connectivity index (χ3v) is 5.30. The van der Waals surface area contributed by atoms with Gasteiger partial charge in [-0.2, -0.15) is 0 Å². The molecule has 1 aromatic carbocycles. The zero-order valence-electron chi connectivity index (χ0n) is 9.52. The summed E-state index contributed by atoms with van der Waals surface area (Å²) in [5.41, 5.74) is 2.67. The van der Waals surface area contributed by atoms with Gasteiger partial charge in [-0.1, -0.05) is 30.7 Å². The lowest BCUT2D eigenvalue weighted by molar-refractivity contribution is 0.0476. The number of hydrogen-bond donors (Lipinski definition) is 1. The molecule has 2 atom stereocenters. The molecule has 3 aliphatic carbocycles.